The molecule has 0 aromatic carbocycles. The van der Waals surface area contributed by atoms with E-state index in [-0.39, 0.29) is 0 Å². The number of hydrogen-bond acceptors (Lipinski definition) is 3. The van der Waals surface area contributed by atoms with Crippen molar-refractivity contribution in [1.29, 1.82) is 0 Å². The highest BCUT2D eigenvalue weighted by Gasteiger charge is 2.27. The van der Waals surface area contributed by atoms with Crippen LogP contribution in [0.25, 0.3) is 0 Å². The van der Waals surface area contributed by atoms with Gasteiger partial charge in [-0.05, 0) is 42.9 Å². The van der Waals surface area contributed by atoms with Gasteiger partial charge in [-0.15, -0.1) is 0 Å². The van der Waals surface area contributed by atoms with E-state index in [4.69, 9.17) is 12.2 Å². The summed E-state index contributed by atoms with van der Waals surface area (Å²) in [5.74, 6) is 1.61. The highest BCUT2D eigenvalue weighted by molar-refractivity contribution is 9.10. The second-order valence-corrected chi connectivity index (χ2v) is 5.41. The molecule has 0 unspecified atom stereocenters. The van der Waals surface area contributed by atoms with Crippen LogP contribution in [0.5, 0.6) is 0 Å². The number of rotatable bonds is 3. The van der Waals surface area contributed by atoms with Gasteiger partial charge < -0.3 is 9.88 Å². The molecule has 0 bridgehead atoms. The van der Waals surface area contributed by atoms with E-state index < -0.39 is 0 Å². The maximum absolute atomic E-state index is 5.23. The minimum atomic E-state index is 0.657. The fourth-order valence-electron chi connectivity index (χ4n) is 1.55. The van der Waals surface area contributed by atoms with Crippen LogP contribution in [-0.4, -0.2) is 29.0 Å². The first-order valence-corrected chi connectivity index (χ1v) is 6.21. The molecule has 1 saturated carbocycles. The van der Waals surface area contributed by atoms with Gasteiger partial charge in [-0.3, -0.25) is 0 Å². The SMILES string of the molecule is CN(C)Cc1nc(=S)c(Br)c(C2CC2)[nH]1. The summed E-state index contributed by atoms with van der Waals surface area (Å²) >= 11 is 8.74. The van der Waals surface area contributed by atoms with Crippen LogP contribution in [-0.2, 0) is 6.54 Å². The molecule has 0 spiro atoms. The fraction of sp³-hybridized carbons (Fsp3) is 0.600. The number of nitrogens with one attached hydrogen (secondary N) is 1. The largest absolute Gasteiger partial charge is 0.345 e. The molecule has 1 fully saturated rings. The van der Waals surface area contributed by atoms with Gasteiger partial charge in [0.15, 0.2) is 0 Å². The third-order valence-corrected chi connectivity index (χ3v) is 3.75. The lowest BCUT2D eigenvalue weighted by molar-refractivity contribution is 0.389. The fourth-order valence-corrected chi connectivity index (χ4v) is 2.28. The Bertz CT molecular complexity index is 423. The van der Waals surface area contributed by atoms with Crippen molar-refractivity contribution < 1.29 is 0 Å². The molecule has 1 heterocycles. The van der Waals surface area contributed by atoms with Gasteiger partial charge in [-0.2, -0.15) is 0 Å². The number of nitrogens with zero attached hydrogens (tertiary/aromatic N) is 2. The molecule has 0 amide bonds. The molecular weight excluding hydrogens is 274 g/mol. The van der Waals surface area contributed by atoms with E-state index in [0.717, 1.165) is 16.8 Å². The van der Waals surface area contributed by atoms with Gasteiger partial charge in [-0.25, -0.2) is 4.98 Å². The van der Waals surface area contributed by atoms with Gasteiger partial charge >= 0.3 is 0 Å². The summed E-state index contributed by atoms with van der Waals surface area (Å²) < 4.78 is 1.65. The van der Waals surface area contributed by atoms with Gasteiger partial charge in [0.2, 0.25) is 0 Å². The predicted molar refractivity (Wildman–Crippen MR) is 66.5 cm³/mol. The normalized spacial score (nSPS) is 16.0. The maximum atomic E-state index is 5.23. The Kier molecular flexibility index (Phi) is 3.23. The van der Waals surface area contributed by atoms with Crippen molar-refractivity contribution in [2.45, 2.75) is 25.3 Å². The molecule has 1 N–H and O–H groups in total. The summed E-state index contributed by atoms with van der Waals surface area (Å²) in [4.78, 5) is 9.82. The molecule has 1 aliphatic carbocycles. The average Bonchev–Trinajstić information content (AvgIpc) is 2.93. The van der Waals surface area contributed by atoms with Crippen molar-refractivity contribution in [3.63, 3.8) is 0 Å². The molecule has 82 valence electrons. The molecule has 0 saturated heterocycles. The Morgan fingerprint density at radius 1 is 1.53 bits per heavy atom. The first-order valence-electron chi connectivity index (χ1n) is 5.01. The summed E-state index contributed by atoms with van der Waals surface area (Å²) in [5, 5.41) is 0. The van der Waals surface area contributed by atoms with Crippen molar-refractivity contribution in [2.24, 2.45) is 0 Å². The van der Waals surface area contributed by atoms with Crippen molar-refractivity contribution in [3.8, 4) is 0 Å². The van der Waals surface area contributed by atoms with E-state index in [1.807, 2.05) is 14.1 Å². The molecule has 0 atom stereocenters. The average molecular weight is 288 g/mol. The highest BCUT2D eigenvalue weighted by Crippen LogP contribution is 2.42. The molecule has 1 aromatic heterocycles. The summed E-state index contributed by atoms with van der Waals surface area (Å²) in [7, 11) is 4.05. The minimum Gasteiger partial charge on any atom is -0.345 e. The Labute approximate surface area is 103 Å². The maximum Gasteiger partial charge on any atom is 0.144 e. The second kappa shape index (κ2) is 4.31. The van der Waals surface area contributed by atoms with Crippen LogP contribution in [0.3, 0.4) is 0 Å². The third-order valence-electron chi connectivity index (χ3n) is 2.39. The second-order valence-electron chi connectivity index (χ2n) is 4.23. The number of hydrogen-bond donors (Lipinski definition) is 1. The van der Waals surface area contributed by atoms with E-state index in [1.54, 1.807) is 0 Å². The van der Waals surface area contributed by atoms with Gasteiger partial charge in [0.25, 0.3) is 0 Å². The molecule has 1 aromatic rings. The van der Waals surface area contributed by atoms with Gasteiger partial charge in [0.05, 0.1) is 11.0 Å². The van der Waals surface area contributed by atoms with E-state index in [9.17, 15) is 0 Å². The zero-order valence-electron chi connectivity index (χ0n) is 8.88. The third kappa shape index (κ3) is 2.65. The first kappa shape index (κ1) is 11.2. The van der Waals surface area contributed by atoms with E-state index in [0.29, 0.717) is 10.6 Å². The van der Waals surface area contributed by atoms with Crippen LogP contribution in [0.15, 0.2) is 4.47 Å². The zero-order chi connectivity index (χ0) is 11.0. The van der Waals surface area contributed by atoms with Gasteiger partial charge in [0.1, 0.15) is 10.5 Å². The zero-order valence-corrected chi connectivity index (χ0v) is 11.3. The predicted octanol–water partition coefficient (Wildman–Crippen LogP) is 2.84. The minimum absolute atomic E-state index is 0.657. The van der Waals surface area contributed by atoms with Crippen LogP contribution >= 0.6 is 28.1 Å². The Hall–Kier alpha value is -0.260. The summed E-state index contributed by atoms with van der Waals surface area (Å²) in [6, 6.07) is 0. The lowest BCUT2D eigenvalue weighted by Crippen LogP contribution is -2.14. The van der Waals surface area contributed by atoms with E-state index >= 15 is 0 Å². The number of H-pyrrole nitrogens is 1. The molecule has 0 aliphatic heterocycles. The van der Waals surface area contributed by atoms with E-state index in [2.05, 4.69) is 30.8 Å². The first-order chi connectivity index (χ1) is 7.08. The summed E-state index contributed by atoms with van der Waals surface area (Å²) in [5.41, 5.74) is 1.23. The molecule has 1 aliphatic rings. The summed E-state index contributed by atoms with van der Waals surface area (Å²) in [6.07, 6.45) is 2.52. The standard InChI is InChI=1S/C10H14BrN3S/c1-14(2)5-7-12-9(6-3-4-6)8(11)10(15)13-7/h6H,3-5H2,1-2H3,(H,12,13,15). The smallest absolute Gasteiger partial charge is 0.144 e. The Balaban J connectivity index is 2.37. The Morgan fingerprint density at radius 3 is 2.73 bits per heavy atom. The van der Waals surface area contributed by atoms with Crippen molar-refractivity contribution in [1.82, 2.24) is 14.9 Å². The van der Waals surface area contributed by atoms with Crippen molar-refractivity contribution >= 4 is 28.1 Å². The monoisotopic (exact) mass is 287 g/mol. The van der Waals surface area contributed by atoms with Crippen LogP contribution in [0.4, 0.5) is 0 Å². The topological polar surface area (TPSA) is 31.9 Å². The van der Waals surface area contributed by atoms with Crippen LogP contribution < -0.4 is 0 Å². The van der Waals surface area contributed by atoms with Crippen molar-refractivity contribution in [3.05, 3.63) is 20.6 Å². The molecule has 15 heavy (non-hydrogen) atoms. The molecule has 3 nitrogen and oxygen atoms in total. The lowest BCUT2D eigenvalue weighted by Gasteiger charge is -2.11. The molecule has 2 rings (SSSR count). The quantitative estimate of drug-likeness (QED) is 0.868. The Morgan fingerprint density at radius 2 is 2.20 bits per heavy atom. The number of halogens is 1. The number of aromatic amines is 1. The summed E-state index contributed by atoms with van der Waals surface area (Å²) in [6.45, 7) is 0.802. The molecule has 0 radical (unpaired) electrons. The molecule has 5 heteroatoms. The number of aromatic nitrogens is 2. The van der Waals surface area contributed by atoms with Crippen LogP contribution in [0.2, 0.25) is 0 Å². The van der Waals surface area contributed by atoms with Crippen LogP contribution in [0.1, 0.15) is 30.3 Å². The highest BCUT2D eigenvalue weighted by atomic mass is 79.9. The van der Waals surface area contributed by atoms with Gasteiger partial charge in [-0.1, -0.05) is 12.2 Å². The van der Waals surface area contributed by atoms with Crippen molar-refractivity contribution in [2.75, 3.05) is 14.1 Å². The van der Waals surface area contributed by atoms with Crippen LogP contribution in [0, 0.1) is 4.64 Å². The molecular formula is C10H14BrN3S. The van der Waals surface area contributed by atoms with E-state index in [1.165, 1.54) is 18.5 Å². The van der Waals surface area contributed by atoms with Gasteiger partial charge in [0, 0.05) is 11.6 Å². The lowest BCUT2D eigenvalue weighted by atomic mass is 10.3.